The molecule has 1 aliphatic heterocycles. The van der Waals surface area contributed by atoms with Crippen LogP contribution >= 0.6 is 0 Å². The number of amides is 1. The molecule has 1 aromatic carbocycles. The maximum absolute atomic E-state index is 12.2. The minimum absolute atomic E-state index is 0.0202. The Labute approximate surface area is 124 Å². The first-order valence-electron chi connectivity index (χ1n) is 7.29. The Bertz CT molecular complexity index is 656. The maximum atomic E-state index is 12.2. The number of benzene rings is 1. The molecule has 5 nitrogen and oxygen atoms in total. The van der Waals surface area contributed by atoms with E-state index in [0.29, 0.717) is 0 Å². The highest BCUT2D eigenvalue weighted by Gasteiger charge is 2.23. The number of aryl methyl sites for hydroxylation is 2. The van der Waals surface area contributed by atoms with Crippen LogP contribution in [0.4, 0.5) is 5.82 Å². The van der Waals surface area contributed by atoms with Crippen molar-refractivity contribution in [3.63, 3.8) is 0 Å². The monoisotopic (exact) mass is 284 g/mol. The smallest absolute Gasteiger partial charge is 0.242 e. The predicted molar refractivity (Wildman–Crippen MR) is 83.0 cm³/mol. The number of rotatable bonds is 3. The molecule has 1 amide bonds. The van der Waals surface area contributed by atoms with E-state index in [1.165, 1.54) is 5.56 Å². The van der Waals surface area contributed by atoms with Gasteiger partial charge in [-0.1, -0.05) is 24.3 Å². The van der Waals surface area contributed by atoms with Crippen molar-refractivity contribution in [2.45, 2.75) is 25.8 Å². The van der Waals surface area contributed by atoms with Crippen LogP contribution in [-0.4, -0.2) is 28.3 Å². The molecule has 2 heterocycles. The lowest BCUT2D eigenvalue weighted by Crippen LogP contribution is -2.35. The summed E-state index contributed by atoms with van der Waals surface area (Å²) >= 11 is 0. The summed E-state index contributed by atoms with van der Waals surface area (Å²) in [6.07, 6.45) is 1.95. The van der Waals surface area contributed by atoms with Crippen LogP contribution in [0.2, 0.25) is 0 Å². The van der Waals surface area contributed by atoms with E-state index in [9.17, 15) is 4.79 Å². The van der Waals surface area contributed by atoms with Crippen molar-refractivity contribution in [1.82, 2.24) is 15.1 Å². The first kappa shape index (κ1) is 13.8. The Morgan fingerprint density at radius 3 is 2.95 bits per heavy atom. The number of nitrogens with zero attached hydrogens (tertiary/aromatic N) is 2. The summed E-state index contributed by atoms with van der Waals surface area (Å²) in [4.78, 5) is 12.2. The molecular formula is C16H20N4O. The zero-order valence-electron chi connectivity index (χ0n) is 12.4. The van der Waals surface area contributed by atoms with Crippen molar-refractivity contribution >= 4 is 11.7 Å². The highest BCUT2D eigenvalue weighted by atomic mass is 16.2. The minimum atomic E-state index is -0.0817. The molecule has 0 aliphatic carbocycles. The predicted octanol–water partition coefficient (Wildman–Crippen LogP) is 2.09. The van der Waals surface area contributed by atoms with Crippen molar-refractivity contribution in [3.05, 3.63) is 35.9 Å². The first-order chi connectivity index (χ1) is 10.1. The standard InChI is InChI=1S/C16H20N4O/c1-11-6-3-4-7-12(11)14-10-15(20(2)19-14)18-16(21)13-8-5-9-17-13/h3-4,6-7,10,13,17H,5,8-9H2,1-2H3,(H,18,21)/t13-/m0/s1. The molecule has 2 N–H and O–H groups in total. The molecular weight excluding hydrogens is 264 g/mol. The Balaban J connectivity index is 1.81. The number of nitrogens with one attached hydrogen (secondary N) is 2. The van der Waals surface area contributed by atoms with Gasteiger partial charge in [0.1, 0.15) is 5.82 Å². The van der Waals surface area contributed by atoms with Crippen molar-refractivity contribution in [2.75, 3.05) is 11.9 Å². The van der Waals surface area contributed by atoms with Gasteiger partial charge in [-0.25, -0.2) is 0 Å². The number of hydrogen-bond donors (Lipinski definition) is 2. The second-order valence-corrected chi connectivity index (χ2v) is 5.49. The van der Waals surface area contributed by atoms with E-state index in [4.69, 9.17) is 0 Å². The van der Waals surface area contributed by atoms with Gasteiger partial charge in [-0.05, 0) is 31.9 Å². The Morgan fingerprint density at radius 1 is 1.43 bits per heavy atom. The molecule has 0 spiro atoms. The van der Waals surface area contributed by atoms with Crippen molar-refractivity contribution in [3.8, 4) is 11.3 Å². The highest BCUT2D eigenvalue weighted by molar-refractivity contribution is 5.94. The van der Waals surface area contributed by atoms with Gasteiger partial charge >= 0.3 is 0 Å². The molecule has 1 atom stereocenters. The number of carbonyl (C=O) groups is 1. The molecule has 0 bridgehead atoms. The summed E-state index contributed by atoms with van der Waals surface area (Å²) in [6.45, 7) is 2.97. The van der Waals surface area contributed by atoms with E-state index in [1.807, 2.05) is 31.3 Å². The minimum Gasteiger partial charge on any atom is -0.310 e. The average molecular weight is 284 g/mol. The number of carbonyl (C=O) groups excluding carboxylic acids is 1. The van der Waals surface area contributed by atoms with Crippen molar-refractivity contribution in [1.29, 1.82) is 0 Å². The topological polar surface area (TPSA) is 59.0 Å². The average Bonchev–Trinajstić information content (AvgIpc) is 3.10. The van der Waals surface area contributed by atoms with Gasteiger partial charge in [0.2, 0.25) is 5.91 Å². The van der Waals surface area contributed by atoms with Crippen molar-refractivity contribution in [2.24, 2.45) is 7.05 Å². The molecule has 1 aliphatic rings. The van der Waals surface area contributed by atoms with Gasteiger partial charge in [-0.15, -0.1) is 0 Å². The van der Waals surface area contributed by atoms with E-state index in [-0.39, 0.29) is 11.9 Å². The van der Waals surface area contributed by atoms with Crippen LogP contribution in [0.3, 0.4) is 0 Å². The second-order valence-electron chi connectivity index (χ2n) is 5.49. The van der Waals surface area contributed by atoms with E-state index in [1.54, 1.807) is 4.68 Å². The van der Waals surface area contributed by atoms with Crippen molar-refractivity contribution < 1.29 is 4.79 Å². The van der Waals surface area contributed by atoms with Gasteiger partial charge in [0.25, 0.3) is 0 Å². The van der Waals surface area contributed by atoms with Crippen LogP contribution in [0.25, 0.3) is 11.3 Å². The summed E-state index contributed by atoms with van der Waals surface area (Å²) in [5.41, 5.74) is 3.14. The third kappa shape index (κ3) is 2.83. The second kappa shape index (κ2) is 5.69. The summed E-state index contributed by atoms with van der Waals surface area (Å²) in [7, 11) is 1.85. The zero-order chi connectivity index (χ0) is 14.8. The molecule has 21 heavy (non-hydrogen) atoms. The van der Waals surface area contributed by atoms with Crippen LogP contribution < -0.4 is 10.6 Å². The molecule has 1 aromatic heterocycles. The normalized spacial score (nSPS) is 17.9. The first-order valence-corrected chi connectivity index (χ1v) is 7.29. The van der Waals surface area contributed by atoms with Crippen LogP contribution in [0, 0.1) is 6.92 Å². The van der Waals surface area contributed by atoms with Crippen LogP contribution in [0.1, 0.15) is 18.4 Å². The Kier molecular flexibility index (Phi) is 3.75. The van der Waals surface area contributed by atoms with E-state index in [2.05, 4.69) is 28.7 Å². The fourth-order valence-electron chi connectivity index (χ4n) is 2.70. The van der Waals surface area contributed by atoms with Gasteiger partial charge in [0.15, 0.2) is 0 Å². The fraction of sp³-hybridized carbons (Fsp3) is 0.375. The quantitative estimate of drug-likeness (QED) is 0.907. The lowest BCUT2D eigenvalue weighted by atomic mass is 10.1. The molecule has 0 saturated carbocycles. The van der Waals surface area contributed by atoms with Gasteiger partial charge < -0.3 is 10.6 Å². The maximum Gasteiger partial charge on any atom is 0.242 e. The third-order valence-corrected chi connectivity index (χ3v) is 3.93. The fourth-order valence-corrected chi connectivity index (χ4v) is 2.70. The lowest BCUT2D eigenvalue weighted by Gasteiger charge is -2.10. The molecule has 0 unspecified atom stereocenters. The molecule has 0 radical (unpaired) electrons. The molecule has 1 saturated heterocycles. The number of aromatic nitrogens is 2. The van der Waals surface area contributed by atoms with Crippen LogP contribution in [0.5, 0.6) is 0 Å². The third-order valence-electron chi connectivity index (χ3n) is 3.93. The van der Waals surface area contributed by atoms with Crippen LogP contribution in [0.15, 0.2) is 30.3 Å². The zero-order valence-corrected chi connectivity index (χ0v) is 12.4. The Morgan fingerprint density at radius 2 is 2.24 bits per heavy atom. The molecule has 1 fully saturated rings. The number of anilines is 1. The van der Waals surface area contributed by atoms with Gasteiger partial charge in [0, 0.05) is 18.7 Å². The van der Waals surface area contributed by atoms with Gasteiger partial charge in [-0.2, -0.15) is 5.10 Å². The summed E-state index contributed by atoms with van der Waals surface area (Å²) in [6, 6.07) is 9.96. The Hall–Kier alpha value is -2.14. The summed E-state index contributed by atoms with van der Waals surface area (Å²) in [5.74, 6) is 0.749. The van der Waals surface area contributed by atoms with Gasteiger partial charge in [-0.3, -0.25) is 9.48 Å². The number of hydrogen-bond acceptors (Lipinski definition) is 3. The molecule has 2 aromatic rings. The van der Waals surface area contributed by atoms with Crippen LogP contribution in [-0.2, 0) is 11.8 Å². The summed E-state index contributed by atoms with van der Waals surface area (Å²) in [5, 5.41) is 10.7. The molecule has 3 rings (SSSR count). The van der Waals surface area contributed by atoms with E-state index < -0.39 is 0 Å². The lowest BCUT2D eigenvalue weighted by molar-refractivity contribution is -0.117. The molecule has 5 heteroatoms. The SMILES string of the molecule is Cc1ccccc1-c1cc(NC(=O)[C@@H]2CCCN2)n(C)n1. The van der Waals surface area contributed by atoms with E-state index >= 15 is 0 Å². The molecule has 110 valence electrons. The van der Waals surface area contributed by atoms with E-state index in [0.717, 1.165) is 36.5 Å². The summed E-state index contributed by atoms with van der Waals surface area (Å²) < 4.78 is 1.72. The van der Waals surface area contributed by atoms with Gasteiger partial charge in [0.05, 0.1) is 11.7 Å². The largest absolute Gasteiger partial charge is 0.310 e. The highest BCUT2D eigenvalue weighted by Crippen LogP contribution is 2.24.